The molecule has 0 saturated carbocycles. The maximum Gasteiger partial charge on any atom is 0.111 e. The molecule has 1 rings (SSSR count). The fourth-order valence-electron chi connectivity index (χ4n) is 1.54. The van der Waals surface area contributed by atoms with Crippen LogP contribution in [0.2, 0.25) is 0 Å². The smallest absolute Gasteiger partial charge is 0.111 e. The van der Waals surface area contributed by atoms with Crippen LogP contribution in [0.25, 0.3) is 0 Å². The highest BCUT2D eigenvalue weighted by Crippen LogP contribution is 2.18. The minimum atomic E-state index is -0.421. The number of aromatic nitrogens is 2. The zero-order chi connectivity index (χ0) is 12.3. The molecule has 1 aromatic rings. The lowest BCUT2D eigenvalue weighted by Crippen LogP contribution is -2.49. The van der Waals surface area contributed by atoms with E-state index < -0.39 is 6.10 Å². The van der Waals surface area contributed by atoms with E-state index in [4.69, 9.17) is 0 Å². The van der Waals surface area contributed by atoms with Gasteiger partial charge in [0.2, 0.25) is 0 Å². The van der Waals surface area contributed by atoms with Crippen LogP contribution in [0.15, 0.2) is 12.4 Å². The molecule has 0 aliphatic carbocycles. The highest BCUT2D eigenvalue weighted by Gasteiger charge is 2.30. The molecule has 0 aliphatic rings. The Kier molecular flexibility index (Phi) is 4.10. The average Bonchev–Trinajstić information content (AvgIpc) is 2.64. The fraction of sp³-hybridized carbons (Fsp3) is 0.750. The van der Waals surface area contributed by atoms with Gasteiger partial charge in [0.1, 0.15) is 5.82 Å². The molecular formula is C12H23N3O. The van der Waals surface area contributed by atoms with E-state index in [9.17, 15) is 5.11 Å². The molecule has 1 heterocycles. The number of likely N-dealkylation sites (N-methyl/N-ethyl adjacent to an activating group) is 1. The van der Waals surface area contributed by atoms with Crippen LogP contribution in [-0.4, -0.2) is 45.3 Å². The quantitative estimate of drug-likeness (QED) is 0.817. The molecule has 16 heavy (non-hydrogen) atoms. The van der Waals surface area contributed by atoms with Crippen LogP contribution >= 0.6 is 0 Å². The molecule has 92 valence electrons. The zero-order valence-corrected chi connectivity index (χ0v) is 10.9. The molecule has 0 amide bonds. The number of rotatable bonds is 5. The SMILES string of the molecule is CCn1ccnc1CC(O)C(C)(C)N(C)C. The van der Waals surface area contributed by atoms with E-state index in [2.05, 4.69) is 16.5 Å². The Bertz CT molecular complexity index is 331. The molecule has 1 N–H and O–H groups in total. The Hall–Kier alpha value is -0.870. The molecule has 0 spiro atoms. The molecular weight excluding hydrogens is 202 g/mol. The van der Waals surface area contributed by atoms with Gasteiger partial charge in [-0.1, -0.05) is 0 Å². The number of nitrogens with zero attached hydrogens (tertiary/aromatic N) is 3. The van der Waals surface area contributed by atoms with Gasteiger partial charge in [-0.15, -0.1) is 0 Å². The van der Waals surface area contributed by atoms with Gasteiger partial charge in [0, 0.05) is 30.9 Å². The maximum absolute atomic E-state index is 10.2. The lowest BCUT2D eigenvalue weighted by atomic mass is 9.93. The van der Waals surface area contributed by atoms with Crippen molar-refractivity contribution >= 4 is 0 Å². The molecule has 4 heteroatoms. The van der Waals surface area contributed by atoms with Gasteiger partial charge in [-0.2, -0.15) is 0 Å². The summed E-state index contributed by atoms with van der Waals surface area (Å²) < 4.78 is 2.06. The molecule has 0 aliphatic heterocycles. The second kappa shape index (κ2) is 4.97. The second-order valence-electron chi connectivity index (χ2n) is 4.90. The summed E-state index contributed by atoms with van der Waals surface area (Å²) in [5, 5.41) is 10.2. The maximum atomic E-state index is 10.2. The summed E-state index contributed by atoms with van der Waals surface area (Å²) in [6.07, 6.45) is 3.90. The van der Waals surface area contributed by atoms with Crippen molar-refractivity contribution in [2.45, 2.75) is 45.4 Å². The summed E-state index contributed by atoms with van der Waals surface area (Å²) in [5.74, 6) is 0.949. The first-order chi connectivity index (χ1) is 7.39. The van der Waals surface area contributed by atoms with E-state index in [1.54, 1.807) is 6.20 Å². The van der Waals surface area contributed by atoms with Gasteiger partial charge in [0.15, 0.2) is 0 Å². The number of aliphatic hydroxyl groups excluding tert-OH is 1. The first kappa shape index (κ1) is 13.2. The molecule has 1 aromatic heterocycles. The van der Waals surface area contributed by atoms with Gasteiger partial charge in [0.05, 0.1) is 6.10 Å². The van der Waals surface area contributed by atoms with Crippen molar-refractivity contribution in [3.05, 3.63) is 18.2 Å². The molecule has 0 bridgehead atoms. The van der Waals surface area contributed by atoms with Crippen LogP contribution in [0.4, 0.5) is 0 Å². The van der Waals surface area contributed by atoms with Gasteiger partial charge in [-0.05, 0) is 34.9 Å². The van der Waals surface area contributed by atoms with Crippen LogP contribution < -0.4 is 0 Å². The molecule has 1 unspecified atom stereocenters. The highest BCUT2D eigenvalue weighted by atomic mass is 16.3. The van der Waals surface area contributed by atoms with Crippen LogP contribution in [0.1, 0.15) is 26.6 Å². The number of hydrogen-bond donors (Lipinski definition) is 1. The number of aliphatic hydroxyl groups is 1. The Morgan fingerprint density at radius 3 is 2.62 bits per heavy atom. The van der Waals surface area contributed by atoms with Gasteiger partial charge in [0.25, 0.3) is 0 Å². The van der Waals surface area contributed by atoms with E-state index in [1.807, 2.05) is 39.0 Å². The van der Waals surface area contributed by atoms with E-state index in [0.717, 1.165) is 12.4 Å². The van der Waals surface area contributed by atoms with E-state index in [-0.39, 0.29) is 5.54 Å². The average molecular weight is 225 g/mol. The minimum Gasteiger partial charge on any atom is -0.391 e. The van der Waals surface area contributed by atoms with Gasteiger partial charge >= 0.3 is 0 Å². The Morgan fingerprint density at radius 1 is 1.50 bits per heavy atom. The van der Waals surface area contributed by atoms with Crippen molar-refractivity contribution in [1.29, 1.82) is 0 Å². The van der Waals surface area contributed by atoms with E-state index in [0.29, 0.717) is 6.42 Å². The van der Waals surface area contributed by atoms with E-state index >= 15 is 0 Å². The normalized spacial score (nSPS) is 14.4. The summed E-state index contributed by atoms with van der Waals surface area (Å²) in [7, 11) is 3.96. The second-order valence-corrected chi connectivity index (χ2v) is 4.90. The number of imidazole rings is 1. The predicted molar refractivity (Wildman–Crippen MR) is 65.4 cm³/mol. The largest absolute Gasteiger partial charge is 0.391 e. The first-order valence-corrected chi connectivity index (χ1v) is 5.75. The van der Waals surface area contributed by atoms with Crippen LogP contribution in [0, 0.1) is 0 Å². The first-order valence-electron chi connectivity index (χ1n) is 5.75. The molecule has 0 aromatic carbocycles. The van der Waals surface area contributed by atoms with Crippen LogP contribution in [-0.2, 0) is 13.0 Å². The minimum absolute atomic E-state index is 0.246. The third-order valence-corrected chi connectivity index (χ3v) is 3.49. The third-order valence-electron chi connectivity index (χ3n) is 3.49. The predicted octanol–water partition coefficient (Wildman–Crippen LogP) is 1.15. The lowest BCUT2D eigenvalue weighted by molar-refractivity contribution is 0.0166. The molecule has 0 fully saturated rings. The van der Waals surface area contributed by atoms with Crippen molar-refractivity contribution < 1.29 is 5.11 Å². The van der Waals surface area contributed by atoms with Gasteiger partial charge in [-0.3, -0.25) is 0 Å². The Morgan fingerprint density at radius 2 is 2.12 bits per heavy atom. The summed E-state index contributed by atoms with van der Waals surface area (Å²) in [4.78, 5) is 6.32. The number of aryl methyl sites for hydroxylation is 1. The van der Waals surface area contributed by atoms with Crippen LogP contribution in [0.5, 0.6) is 0 Å². The molecule has 4 nitrogen and oxygen atoms in total. The monoisotopic (exact) mass is 225 g/mol. The standard InChI is InChI=1S/C12H23N3O/c1-6-15-8-7-13-11(15)9-10(16)12(2,3)14(4)5/h7-8,10,16H,6,9H2,1-5H3. The molecule has 0 radical (unpaired) electrons. The summed E-state index contributed by atoms with van der Waals surface area (Å²) in [5.41, 5.74) is -0.246. The van der Waals surface area contributed by atoms with Crippen molar-refractivity contribution in [2.75, 3.05) is 14.1 Å². The van der Waals surface area contributed by atoms with Gasteiger partial charge < -0.3 is 14.6 Å². The topological polar surface area (TPSA) is 41.3 Å². The molecule has 1 atom stereocenters. The summed E-state index contributed by atoms with van der Waals surface area (Å²) in [6.45, 7) is 7.05. The third kappa shape index (κ3) is 2.62. The van der Waals surface area contributed by atoms with Crippen molar-refractivity contribution in [3.8, 4) is 0 Å². The summed E-state index contributed by atoms with van der Waals surface area (Å²) >= 11 is 0. The number of hydrogen-bond acceptors (Lipinski definition) is 3. The van der Waals surface area contributed by atoms with Crippen molar-refractivity contribution in [2.24, 2.45) is 0 Å². The Labute approximate surface area is 97.9 Å². The van der Waals surface area contributed by atoms with Crippen molar-refractivity contribution in [3.63, 3.8) is 0 Å². The lowest BCUT2D eigenvalue weighted by Gasteiger charge is -2.37. The van der Waals surface area contributed by atoms with Gasteiger partial charge in [-0.25, -0.2) is 4.98 Å². The fourth-order valence-corrected chi connectivity index (χ4v) is 1.54. The zero-order valence-electron chi connectivity index (χ0n) is 10.9. The summed E-state index contributed by atoms with van der Waals surface area (Å²) in [6, 6.07) is 0. The highest BCUT2D eigenvalue weighted by molar-refractivity contribution is 4.98. The van der Waals surface area contributed by atoms with Crippen molar-refractivity contribution in [1.82, 2.24) is 14.5 Å². The van der Waals surface area contributed by atoms with Crippen LogP contribution in [0.3, 0.4) is 0 Å². The molecule has 0 saturated heterocycles. The Balaban J connectivity index is 2.75. The van der Waals surface area contributed by atoms with E-state index in [1.165, 1.54) is 0 Å².